The number of hydrogen-bond acceptors (Lipinski definition) is 5. The van der Waals surface area contributed by atoms with Crippen LogP contribution >= 0.6 is 0 Å². The molecule has 1 unspecified atom stereocenters. The van der Waals surface area contributed by atoms with Gasteiger partial charge in [0.05, 0.1) is 5.52 Å². The van der Waals surface area contributed by atoms with E-state index in [0.29, 0.717) is 17.5 Å². The molecule has 8 heteroatoms. The van der Waals surface area contributed by atoms with Gasteiger partial charge in [-0.05, 0) is 29.7 Å². The lowest BCUT2D eigenvalue weighted by Gasteiger charge is -2.20. The summed E-state index contributed by atoms with van der Waals surface area (Å²) < 4.78 is 33.1. The van der Waals surface area contributed by atoms with Crippen molar-refractivity contribution in [1.29, 1.82) is 0 Å². The summed E-state index contributed by atoms with van der Waals surface area (Å²) >= 11 is 0. The van der Waals surface area contributed by atoms with Gasteiger partial charge in [0, 0.05) is 5.92 Å². The van der Waals surface area contributed by atoms with Crippen molar-refractivity contribution >= 4 is 21.2 Å². The zero-order valence-corrected chi connectivity index (χ0v) is 13.8. The van der Waals surface area contributed by atoms with Crippen LogP contribution in [0.4, 0.5) is 0 Å². The summed E-state index contributed by atoms with van der Waals surface area (Å²) in [5.74, 6) is -0.823. The van der Waals surface area contributed by atoms with Crippen molar-refractivity contribution in [3.05, 3.63) is 47.5 Å². The van der Waals surface area contributed by atoms with Crippen molar-refractivity contribution in [2.75, 3.05) is 0 Å². The van der Waals surface area contributed by atoms with E-state index in [1.54, 1.807) is 12.1 Å². The van der Waals surface area contributed by atoms with E-state index >= 15 is 0 Å². The molecule has 0 amide bonds. The molecule has 0 saturated heterocycles. The Labute approximate surface area is 139 Å². The van der Waals surface area contributed by atoms with E-state index in [1.165, 1.54) is 6.07 Å². The molecule has 2 aromatic carbocycles. The van der Waals surface area contributed by atoms with Crippen LogP contribution in [-0.2, 0) is 10.1 Å². The molecule has 0 aliphatic rings. The molecule has 1 atom stereocenters. The van der Waals surface area contributed by atoms with Crippen LogP contribution in [0.25, 0.3) is 11.0 Å². The highest BCUT2D eigenvalue weighted by molar-refractivity contribution is 7.86. The number of phenolic OH excluding ortho intramolecular Hbond substituents is 1. The van der Waals surface area contributed by atoms with Gasteiger partial charge >= 0.3 is 0 Å². The summed E-state index contributed by atoms with van der Waals surface area (Å²) in [5.41, 5.74) is 2.51. The monoisotopic (exact) mass is 347 g/mol. The molecule has 0 bridgehead atoms. The first kappa shape index (κ1) is 16.4. The third-order valence-electron chi connectivity index (χ3n) is 4.00. The van der Waals surface area contributed by atoms with Crippen molar-refractivity contribution in [2.45, 2.75) is 30.6 Å². The van der Waals surface area contributed by atoms with Gasteiger partial charge in [-0.1, -0.05) is 42.8 Å². The predicted octanol–water partition coefficient (Wildman–Crippen LogP) is 2.84. The molecule has 7 nitrogen and oxygen atoms in total. The Hall–Kier alpha value is -2.45. The Bertz CT molecular complexity index is 982. The van der Waals surface area contributed by atoms with Gasteiger partial charge in [0.25, 0.3) is 10.1 Å². The lowest BCUT2D eigenvalue weighted by atomic mass is 9.86. The third kappa shape index (κ3) is 2.85. The second-order valence-electron chi connectivity index (χ2n) is 5.57. The number of aromatic amines is 1. The Morgan fingerprint density at radius 2 is 1.88 bits per heavy atom. The van der Waals surface area contributed by atoms with Crippen molar-refractivity contribution in [1.82, 2.24) is 15.4 Å². The molecule has 1 aromatic heterocycles. The summed E-state index contributed by atoms with van der Waals surface area (Å²) in [4.78, 5) is -0.455. The van der Waals surface area contributed by atoms with Crippen LogP contribution in [0.3, 0.4) is 0 Å². The van der Waals surface area contributed by atoms with Crippen molar-refractivity contribution in [3.63, 3.8) is 0 Å². The number of H-pyrrole nitrogens is 1. The molecule has 3 aromatic rings. The van der Waals surface area contributed by atoms with E-state index in [1.807, 2.05) is 25.1 Å². The van der Waals surface area contributed by atoms with E-state index in [4.69, 9.17) is 0 Å². The number of hydrogen-bond donors (Lipinski definition) is 3. The van der Waals surface area contributed by atoms with E-state index in [9.17, 15) is 18.1 Å². The van der Waals surface area contributed by atoms with Gasteiger partial charge in [-0.25, -0.2) is 0 Å². The van der Waals surface area contributed by atoms with Crippen LogP contribution in [0.2, 0.25) is 0 Å². The summed E-state index contributed by atoms with van der Waals surface area (Å²) in [6, 6.07) is 9.91. The number of fused-ring (bicyclic) bond motifs is 1. The molecule has 126 valence electrons. The van der Waals surface area contributed by atoms with Gasteiger partial charge in [0.2, 0.25) is 0 Å². The minimum atomic E-state index is -4.57. The van der Waals surface area contributed by atoms with Crippen LogP contribution in [0, 0.1) is 0 Å². The molecule has 0 fully saturated rings. The fraction of sp³-hybridized carbons (Fsp3) is 0.250. The van der Waals surface area contributed by atoms with E-state index in [0.717, 1.165) is 17.5 Å². The maximum absolute atomic E-state index is 11.8. The molecule has 0 aliphatic carbocycles. The molecule has 0 saturated carbocycles. The number of nitrogens with zero attached hydrogens (tertiary/aromatic N) is 2. The van der Waals surface area contributed by atoms with E-state index < -0.39 is 20.8 Å². The van der Waals surface area contributed by atoms with E-state index in [-0.39, 0.29) is 5.92 Å². The Morgan fingerprint density at radius 3 is 2.58 bits per heavy atom. The first-order valence-corrected chi connectivity index (χ1v) is 8.96. The van der Waals surface area contributed by atoms with Crippen LogP contribution in [0.1, 0.15) is 36.8 Å². The summed E-state index contributed by atoms with van der Waals surface area (Å²) in [6.45, 7) is 1.98. The molecule has 0 aliphatic heterocycles. The quantitative estimate of drug-likeness (QED) is 0.611. The molecule has 3 rings (SSSR count). The van der Waals surface area contributed by atoms with Crippen LogP contribution in [-0.4, -0.2) is 33.5 Å². The van der Waals surface area contributed by atoms with Crippen LogP contribution < -0.4 is 0 Å². The fourth-order valence-electron chi connectivity index (χ4n) is 3.04. The van der Waals surface area contributed by atoms with Gasteiger partial charge in [-0.3, -0.25) is 9.65 Å². The molecule has 0 radical (unpaired) electrons. The van der Waals surface area contributed by atoms with Gasteiger partial charge in [0.1, 0.15) is 16.2 Å². The first-order valence-electron chi connectivity index (χ1n) is 7.52. The Morgan fingerprint density at radius 1 is 1.17 bits per heavy atom. The molecule has 1 heterocycles. The number of aromatic hydroxyl groups is 1. The molecule has 3 N–H and O–H groups in total. The number of rotatable bonds is 5. The second kappa shape index (κ2) is 6.21. The Kier molecular flexibility index (Phi) is 4.25. The number of phenols is 1. The molecular formula is C16H17N3O4S. The Balaban J connectivity index is 2.28. The lowest BCUT2D eigenvalue weighted by Crippen LogP contribution is -2.10. The maximum atomic E-state index is 11.8. The average molecular weight is 347 g/mol. The smallest absolute Gasteiger partial charge is 0.298 e. The average Bonchev–Trinajstić information content (AvgIpc) is 3.00. The van der Waals surface area contributed by atoms with Gasteiger partial charge in [-0.2, -0.15) is 8.42 Å². The van der Waals surface area contributed by atoms with Crippen LogP contribution in [0.15, 0.2) is 41.3 Å². The predicted molar refractivity (Wildman–Crippen MR) is 88.6 cm³/mol. The molecule has 24 heavy (non-hydrogen) atoms. The summed E-state index contributed by atoms with van der Waals surface area (Å²) in [5, 5.41) is 20.7. The topological polar surface area (TPSA) is 116 Å². The minimum Gasteiger partial charge on any atom is -0.506 e. The second-order valence-corrected chi connectivity index (χ2v) is 6.93. The highest BCUT2D eigenvalue weighted by Crippen LogP contribution is 2.39. The zero-order valence-electron chi connectivity index (χ0n) is 13.0. The third-order valence-corrected chi connectivity index (χ3v) is 4.96. The zero-order chi connectivity index (χ0) is 17.3. The van der Waals surface area contributed by atoms with Crippen molar-refractivity contribution < 1.29 is 18.1 Å². The standard InChI is InChI=1S/C16H17N3O4S/c1-2-5-10(11-6-3-8-13-15(11)18-19-17-13)12-7-4-9-14(20)16(12)24(21,22)23/h3-4,6-10,20H,2,5H2,1H3,(H,17,18,19)(H,21,22,23). The van der Waals surface area contributed by atoms with Crippen molar-refractivity contribution in [3.8, 4) is 5.75 Å². The largest absolute Gasteiger partial charge is 0.506 e. The summed E-state index contributed by atoms with van der Waals surface area (Å²) in [7, 11) is -4.57. The SMILES string of the molecule is CCCC(c1cccc(O)c1S(=O)(=O)O)c1cccc2[nH]nnc12. The normalized spacial score (nSPS) is 13.2. The lowest BCUT2D eigenvalue weighted by molar-refractivity contribution is 0.439. The van der Waals surface area contributed by atoms with Gasteiger partial charge in [-0.15, -0.1) is 5.10 Å². The summed E-state index contributed by atoms with van der Waals surface area (Å²) in [6.07, 6.45) is 1.40. The number of nitrogens with one attached hydrogen (secondary N) is 1. The van der Waals surface area contributed by atoms with Gasteiger partial charge < -0.3 is 5.11 Å². The number of aromatic nitrogens is 3. The fourth-order valence-corrected chi connectivity index (χ4v) is 3.88. The van der Waals surface area contributed by atoms with Gasteiger partial charge in [0.15, 0.2) is 0 Å². The highest BCUT2D eigenvalue weighted by Gasteiger charge is 2.27. The number of benzene rings is 2. The maximum Gasteiger partial charge on any atom is 0.298 e. The molecule has 0 spiro atoms. The minimum absolute atomic E-state index is 0.342. The van der Waals surface area contributed by atoms with E-state index in [2.05, 4.69) is 15.4 Å². The van der Waals surface area contributed by atoms with Crippen molar-refractivity contribution in [2.24, 2.45) is 0 Å². The highest BCUT2D eigenvalue weighted by atomic mass is 32.2. The van der Waals surface area contributed by atoms with Crippen LogP contribution in [0.5, 0.6) is 5.75 Å². The first-order chi connectivity index (χ1) is 11.4. The molecular weight excluding hydrogens is 330 g/mol.